The molecule has 0 unspecified atom stereocenters. The number of nitrogen functional groups attached to an aromatic ring is 1. The minimum absolute atomic E-state index is 0.407. The van der Waals surface area contributed by atoms with E-state index in [1.54, 1.807) is 6.07 Å². The summed E-state index contributed by atoms with van der Waals surface area (Å²) in [5.41, 5.74) is 16.6. The van der Waals surface area contributed by atoms with Crippen molar-refractivity contribution >= 4 is 33.2 Å². The largest absolute Gasteiger partial charge is 0.397 e. The molecule has 0 amide bonds. The summed E-state index contributed by atoms with van der Waals surface area (Å²) < 4.78 is 0. The van der Waals surface area contributed by atoms with E-state index in [1.807, 2.05) is 30.3 Å². The van der Waals surface area contributed by atoms with Crippen molar-refractivity contribution in [3.05, 3.63) is 36.4 Å². The highest BCUT2D eigenvalue weighted by molar-refractivity contribution is 6.14. The molecule has 0 atom stereocenters. The Balaban J connectivity index is 2.63. The molecule has 0 fully saturated rings. The summed E-state index contributed by atoms with van der Waals surface area (Å²) in [5.74, 6) is 0. The van der Waals surface area contributed by atoms with E-state index in [1.165, 1.54) is 0 Å². The first-order valence-electron chi connectivity index (χ1n) is 4.78. The monoisotopic (exact) mass is 196 g/mol. The van der Waals surface area contributed by atoms with Gasteiger partial charge in [-0.25, -0.2) is 0 Å². The van der Waals surface area contributed by atoms with Gasteiger partial charge in [-0.05, 0) is 18.2 Å². The Labute approximate surface area is 86.7 Å². The Morgan fingerprint density at radius 2 is 1.80 bits per heavy atom. The lowest BCUT2D eigenvalue weighted by atomic mass is 10.1. The fraction of sp³-hybridized carbons (Fsp3) is 0. The number of rotatable bonds is 0. The van der Waals surface area contributed by atoms with Gasteiger partial charge in [0.05, 0.1) is 11.4 Å². The molecule has 1 radical (unpaired) electrons. The molecule has 0 aliphatic carbocycles. The summed E-state index contributed by atoms with van der Waals surface area (Å²) in [6, 6.07) is 11.6. The second-order valence-electron chi connectivity index (χ2n) is 3.62. The Morgan fingerprint density at radius 1 is 1.00 bits per heavy atom. The highest BCUT2D eigenvalue weighted by atomic mass is 14.7. The topological polar surface area (TPSA) is 65.6 Å². The molecule has 0 aliphatic heterocycles. The van der Waals surface area contributed by atoms with Crippen LogP contribution in [0.15, 0.2) is 36.4 Å². The van der Waals surface area contributed by atoms with Gasteiger partial charge in [0.25, 0.3) is 0 Å². The zero-order chi connectivity index (χ0) is 10.4. The van der Waals surface area contributed by atoms with Crippen LogP contribution >= 0.6 is 0 Å². The van der Waals surface area contributed by atoms with Crippen molar-refractivity contribution < 1.29 is 0 Å². The third kappa shape index (κ3) is 1.00. The van der Waals surface area contributed by atoms with Crippen molar-refractivity contribution in [1.29, 1.82) is 0 Å². The van der Waals surface area contributed by atoms with Crippen molar-refractivity contribution in [3.63, 3.8) is 0 Å². The van der Waals surface area contributed by atoms with Crippen LogP contribution in [-0.2, 0) is 0 Å². The number of H-pyrrole nitrogens is 1. The van der Waals surface area contributed by atoms with Gasteiger partial charge in [0.1, 0.15) is 0 Å². The quantitative estimate of drug-likeness (QED) is 0.533. The zero-order valence-electron chi connectivity index (χ0n) is 8.04. The van der Waals surface area contributed by atoms with E-state index in [4.69, 9.17) is 11.5 Å². The van der Waals surface area contributed by atoms with E-state index in [9.17, 15) is 0 Å². The molecule has 1 heterocycles. The molecule has 0 aliphatic rings. The number of anilines is 1. The van der Waals surface area contributed by atoms with Crippen LogP contribution in [0, 0.1) is 0 Å². The lowest BCUT2D eigenvalue weighted by Crippen LogP contribution is -1.86. The number of hydrogen-bond donors (Lipinski definition) is 2. The number of para-hydroxylation sites is 1. The highest BCUT2D eigenvalue weighted by Crippen LogP contribution is 2.33. The van der Waals surface area contributed by atoms with Crippen LogP contribution in [0.2, 0.25) is 0 Å². The number of hydrogen-bond acceptors (Lipinski definition) is 1. The maximum absolute atomic E-state index is 7.94. The molecule has 4 N–H and O–H groups in total. The Morgan fingerprint density at radius 3 is 2.67 bits per heavy atom. The Bertz CT molecular complexity index is 652. The molecule has 3 heteroatoms. The maximum atomic E-state index is 7.94. The first-order chi connectivity index (χ1) is 7.27. The van der Waals surface area contributed by atoms with Gasteiger partial charge < -0.3 is 10.7 Å². The number of aromatic amines is 1. The molecule has 3 nitrogen and oxygen atoms in total. The first-order valence-corrected chi connectivity index (χ1v) is 4.78. The van der Waals surface area contributed by atoms with E-state index in [0.717, 1.165) is 21.8 Å². The van der Waals surface area contributed by atoms with Gasteiger partial charge >= 0.3 is 0 Å². The predicted molar refractivity (Wildman–Crippen MR) is 63.0 cm³/mol. The summed E-state index contributed by atoms with van der Waals surface area (Å²) in [6.45, 7) is 0. The van der Waals surface area contributed by atoms with Crippen molar-refractivity contribution in [2.75, 3.05) is 5.73 Å². The minimum atomic E-state index is 0.407. The second kappa shape index (κ2) is 2.67. The van der Waals surface area contributed by atoms with E-state index in [2.05, 4.69) is 4.98 Å². The average Bonchev–Trinajstić information content (AvgIpc) is 2.62. The number of nitrogens with two attached hydrogens (primary N) is 1. The molecule has 73 valence electrons. The van der Waals surface area contributed by atoms with Crippen LogP contribution in [0.4, 0.5) is 11.4 Å². The van der Waals surface area contributed by atoms with Crippen molar-refractivity contribution in [1.82, 2.24) is 10.7 Å². The zero-order valence-corrected chi connectivity index (χ0v) is 8.04. The number of benzene rings is 2. The van der Waals surface area contributed by atoms with E-state index in [0.29, 0.717) is 11.4 Å². The predicted octanol–water partition coefficient (Wildman–Crippen LogP) is 2.82. The van der Waals surface area contributed by atoms with E-state index in [-0.39, 0.29) is 0 Å². The third-order valence-electron chi connectivity index (χ3n) is 2.70. The molecule has 3 aromatic rings. The summed E-state index contributed by atoms with van der Waals surface area (Å²) in [4.78, 5) is 3.27. The smallest absolute Gasteiger partial charge is 0.0869 e. The van der Waals surface area contributed by atoms with Gasteiger partial charge in [-0.3, -0.25) is 5.73 Å². The molecule has 1 aromatic heterocycles. The highest BCUT2D eigenvalue weighted by Gasteiger charge is 2.08. The molecule has 2 aromatic carbocycles. The van der Waals surface area contributed by atoms with Crippen LogP contribution in [-0.4, -0.2) is 4.98 Å². The average molecular weight is 196 g/mol. The SMILES string of the molecule is [NH]c1c(N)ccc2[nH]c3ccccc3c12. The van der Waals surface area contributed by atoms with Crippen LogP contribution in [0.1, 0.15) is 0 Å². The fourth-order valence-corrected chi connectivity index (χ4v) is 1.96. The normalized spacial score (nSPS) is 11.2. The van der Waals surface area contributed by atoms with Crippen molar-refractivity contribution in [2.24, 2.45) is 0 Å². The molecule has 0 saturated carbocycles. The van der Waals surface area contributed by atoms with Gasteiger partial charge in [0.15, 0.2) is 0 Å². The summed E-state index contributed by atoms with van der Waals surface area (Å²) in [7, 11) is 0. The van der Waals surface area contributed by atoms with Crippen molar-refractivity contribution in [3.8, 4) is 0 Å². The summed E-state index contributed by atoms with van der Waals surface area (Å²) in [5, 5.41) is 1.97. The van der Waals surface area contributed by atoms with Crippen LogP contribution in [0.3, 0.4) is 0 Å². The molecule has 3 rings (SSSR count). The fourth-order valence-electron chi connectivity index (χ4n) is 1.96. The van der Waals surface area contributed by atoms with Crippen LogP contribution in [0.5, 0.6) is 0 Å². The van der Waals surface area contributed by atoms with Crippen molar-refractivity contribution in [2.45, 2.75) is 0 Å². The van der Waals surface area contributed by atoms with E-state index >= 15 is 0 Å². The van der Waals surface area contributed by atoms with E-state index < -0.39 is 0 Å². The minimum Gasteiger partial charge on any atom is -0.397 e. The standard InChI is InChI=1S/C12H10N3/c13-8-5-6-10-11(12(8)14)7-3-1-2-4-9(7)15-10/h1-6,14-15H,13H2. The van der Waals surface area contributed by atoms with Crippen LogP contribution in [0.25, 0.3) is 21.8 Å². The van der Waals surface area contributed by atoms with Gasteiger partial charge in [0, 0.05) is 21.8 Å². The summed E-state index contributed by atoms with van der Waals surface area (Å²) >= 11 is 0. The summed E-state index contributed by atoms with van der Waals surface area (Å²) in [6.07, 6.45) is 0. The number of nitrogens with one attached hydrogen (secondary N) is 2. The maximum Gasteiger partial charge on any atom is 0.0869 e. The molecule has 0 spiro atoms. The van der Waals surface area contributed by atoms with Gasteiger partial charge in [-0.15, -0.1) is 0 Å². The lowest BCUT2D eigenvalue weighted by Gasteiger charge is -1.99. The molecule has 0 saturated heterocycles. The number of aromatic nitrogens is 1. The second-order valence-corrected chi connectivity index (χ2v) is 3.62. The van der Waals surface area contributed by atoms with Gasteiger partial charge in [0.2, 0.25) is 0 Å². The third-order valence-corrected chi connectivity index (χ3v) is 2.70. The van der Waals surface area contributed by atoms with Gasteiger partial charge in [-0.2, -0.15) is 0 Å². The molecule has 0 bridgehead atoms. The molecular weight excluding hydrogens is 186 g/mol. The van der Waals surface area contributed by atoms with Gasteiger partial charge in [-0.1, -0.05) is 18.2 Å². The molecule has 15 heavy (non-hydrogen) atoms. The molecular formula is C12H10N3. The van der Waals surface area contributed by atoms with Crippen LogP contribution < -0.4 is 11.5 Å². The Hall–Kier alpha value is -2.16. The Kier molecular flexibility index (Phi) is 1.45. The lowest BCUT2D eigenvalue weighted by molar-refractivity contribution is 1.51. The number of fused-ring (bicyclic) bond motifs is 3. The first kappa shape index (κ1) is 8.17.